The molecular weight excluding hydrogens is 308 g/mol. The van der Waals surface area contributed by atoms with Crippen molar-refractivity contribution in [2.75, 3.05) is 5.32 Å². The molecule has 0 unspecified atom stereocenters. The summed E-state index contributed by atoms with van der Waals surface area (Å²) in [5.74, 6) is 0.0487. The number of fused-ring (bicyclic) bond motifs is 1. The Morgan fingerprint density at radius 1 is 1.22 bits per heavy atom. The van der Waals surface area contributed by atoms with Gasteiger partial charge in [0.25, 0.3) is 0 Å². The molecule has 1 saturated carbocycles. The van der Waals surface area contributed by atoms with Gasteiger partial charge in [0, 0.05) is 27.8 Å². The van der Waals surface area contributed by atoms with Crippen molar-refractivity contribution < 1.29 is 4.79 Å². The zero-order chi connectivity index (χ0) is 16.0. The number of hydrogen-bond donors (Lipinski definition) is 2. The molecule has 0 radical (unpaired) electrons. The van der Waals surface area contributed by atoms with Crippen LogP contribution in [0.1, 0.15) is 24.0 Å². The first-order chi connectivity index (χ1) is 11.1. The average Bonchev–Trinajstić information content (AvgIpc) is 3.24. The van der Waals surface area contributed by atoms with E-state index in [1.165, 1.54) is 0 Å². The van der Waals surface area contributed by atoms with Crippen LogP contribution in [-0.2, 0) is 10.2 Å². The van der Waals surface area contributed by atoms with Crippen molar-refractivity contribution in [2.45, 2.75) is 25.2 Å². The van der Waals surface area contributed by atoms with E-state index >= 15 is 0 Å². The van der Waals surface area contributed by atoms with Crippen molar-refractivity contribution in [3.63, 3.8) is 0 Å². The molecule has 1 amide bonds. The van der Waals surface area contributed by atoms with Crippen LogP contribution in [0, 0.1) is 6.92 Å². The number of para-hydroxylation sites is 1. The Hall–Kier alpha value is -2.26. The second kappa shape index (κ2) is 5.14. The van der Waals surface area contributed by atoms with E-state index < -0.39 is 5.41 Å². The number of aromatic nitrogens is 1. The molecule has 23 heavy (non-hydrogen) atoms. The summed E-state index contributed by atoms with van der Waals surface area (Å²) in [6.07, 6.45) is 3.72. The highest BCUT2D eigenvalue weighted by Gasteiger charge is 2.52. The summed E-state index contributed by atoms with van der Waals surface area (Å²) in [6.45, 7) is 1.97. The lowest BCUT2D eigenvalue weighted by Crippen LogP contribution is -2.28. The predicted molar refractivity (Wildman–Crippen MR) is 94.0 cm³/mol. The van der Waals surface area contributed by atoms with Crippen molar-refractivity contribution >= 4 is 34.1 Å². The van der Waals surface area contributed by atoms with Gasteiger partial charge in [-0.2, -0.15) is 0 Å². The molecule has 4 rings (SSSR count). The zero-order valence-corrected chi connectivity index (χ0v) is 13.6. The van der Waals surface area contributed by atoms with E-state index in [2.05, 4.69) is 16.4 Å². The van der Waals surface area contributed by atoms with Gasteiger partial charge in [-0.1, -0.05) is 35.9 Å². The Morgan fingerprint density at radius 3 is 2.78 bits per heavy atom. The Morgan fingerprint density at radius 2 is 2.00 bits per heavy atom. The van der Waals surface area contributed by atoms with Gasteiger partial charge in [-0.3, -0.25) is 4.79 Å². The molecule has 3 nitrogen and oxygen atoms in total. The van der Waals surface area contributed by atoms with Gasteiger partial charge in [0.15, 0.2) is 0 Å². The highest BCUT2D eigenvalue weighted by molar-refractivity contribution is 6.31. The summed E-state index contributed by atoms with van der Waals surface area (Å²) in [5, 5.41) is 4.82. The maximum Gasteiger partial charge on any atom is 0.235 e. The number of H-pyrrole nitrogens is 1. The summed E-state index contributed by atoms with van der Waals surface area (Å²) in [6, 6.07) is 13.7. The highest BCUT2D eigenvalue weighted by Crippen LogP contribution is 2.51. The molecule has 3 aromatic rings. The fourth-order valence-electron chi connectivity index (χ4n) is 3.18. The number of aryl methyl sites for hydroxylation is 1. The number of amides is 1. The maximum atomic E-state index is 12.9. The number of halogens is 1. The van der Waals surface area contributed by atoms with Gasteiger partial charge in [0.2, 0.25) is 5.91 Å². The molecule has 0 bridgehead atoms. The fourth-order valence-corrected chi connectivity index (χ4v) is 3.35. The van der Waals surface area contributed by atoms with Crippen LogP contribution in [0.4, 0.5) is 5.69 Å². The van der Waals surface area contributed by atoms with Crippen molar-refractivity contribution in [3.05, 3.63) is 64.8 Å². The van der Waals surface area contributed by atoms with Crippen molar-refractivity contribution in [1.29, 1.82) is 0 Å². The van der Waals surface area contributed by atoms with E-state index in [1.54, 1.807) is 6.07 Å². The third-order valence-corrected chi connectivity index (χ3v) is 4.97. The lowest BCUT2D eigenvalue weighted by Gasteiger charge is -2.16. The average molecular weight is 325 g/mol. The summed E-state index contributed by atoms with van der Waals surface area (Å²) in [7, 11) is 0. The molecule has 1 aromatic heterocycles. The second-order valence-electron chi connectivity index (χ2n) is 6.24. The molecule has 0 spiro atoms. The normalized spacial score (nSPS) is 15.6. The maximum absolute atomic E-state index is 12.9. The summed E-state index contributed by atoms with van der Waals surface area (Å²) >= 11 is 6.05. The Labute approximate surface area is 139 Å². The smallest absolute Gasteiger partial charge is 0.235 e. The molecule has 4 heteroatoms. The number of aromatic amines is 1. The van der Waals surface area contributed by atoms with Gasteiger partial charge < -0.3 is 10.3 Å². The van der Waals surface area contributed by atoms with Crippen LogP contribution < -0.4 is 5.32 Å². The molecule has 1 heterocycles. The highest BCUT2D eigenvalue weighted by atomic mass is 35.5. The second-order valence-corrected chi connectivity index (χ2v) is 6.68. The van der Waals surface area contributed by atoms with Crippen LogP contribution in [-0.4, -0.2) is 10.9 Å². The number of anilines is 1. The third-order valence-electron chi connectivity index (χ3n) is 4.74. The van der Waals surface area contributed by atoms with Crippen LogP contribution in [0.25, 0.3) is 10.9 Å². The minimum atomic E-state index is -0.422. The Balaban J connectivity index is 1.69. The lowest BCUT2D eigenvalue weighted by atomic mass is 9.94. The summed E-state index contributed by atoms with van der Waals surface area (Å²) < 4.78 is 0. The molecule has 0 aliphatic heterocycles. The topological polar surface area (TPSA) is 44.9 Å². The monoisotopic (exact) mass is 324 g/mol. The van der Waals surface area contributed by atoms with E-state index in [0.717, 1.165) is 40.6 Å². The molecule has 1 aliphatic carbocycles. The molecule has 2 aromatic carbocycles. The largest absolute Gasteiger partial charge is 0.361 e. The van der Waals surface area contributed by atoms with Crippen LogP contribution >= 0.6 is 11.6 Å². The number of rotatable bonds is 3. The van der Waals surface area contributed by atoms with Gasteiger partial charge in [-0.15, -0.1) is 0 Å². The summed E-state index contributed by atoms with van der Waals surface area (Å²) in [5.41, 5.74) is 3.53. The number of nitrogens with one attached hydrogen (secondary N) is 2. The van der Waals surface area contributed by atoms with Gasteiger partial charge in [-0.25, -0.2) is 0 Å². The first-order valence-electron chi connectivity index (χ1n) is 7.74. The van der Waals surface area contributed by atoms with E-state index in [9.17, 15) is 4.79 Å². The lowest BCUT2D eigenvalue weighted by molar-refractivity contribution is -0.118. The quantitative estimate of drug-likeness (QED) is 0.714. The first-order valence-corrected chi connectivity index (χ1v) is 8.12. The van der Waals surface area contributed by atoms with E-state index in [0.29, 0.717) is 5.02 Å². The minimum absolute atomic E-state index is 0.0487. The van der Waals surface area contributed by atoms with E-state index in [4.69, 9.17) is 11.6 Å². The van der Waals surface area contributed by atoms with Gasteiger partial charge in [0.05, 0.1) is 5.41 Å². The zero-order valence-electron chi connectivity index (χ0n) is 12.8. The van der Waals surface area contributed by atoms with Crippen LogP contribution in [0.3, 0.4) is 0 Å². The molecular formula is C19H17ClN2O. The van der Waals surface area contributed by atoms with Crippen molar-refractivity contribution in [2.24, 2.45) is 0 Å². The number of carbonyl (C=O) groups is 1. The van der Waals surface area contributed by atoms with Crippen LogP contribution in [0.15, 0.2) is 48.7 Å². The minimum Gasteiger partial charge on any atom is -0.361 e. The third kappa shape index (κ3) is 2.32. The van der Waals surface area contributed by atoms with Crippen molar-refractivity contribution in [3.8, 4) is 0 Å². The molecule has 116 valence electrons. The van der Waals surface area contributed by atoms with Gasteiger partial charge in [0.1, 0.15) is 0 Å². The molecule has 1 aliphatic rings. The van der Waals surface area contributed by atoms with Gasteiger partial charge in [-0.05, 0) is 49.1 Å². The number of carbonyl (C=O) groups excluding carboxylic acids is 1. The van der Waals surface area contributed by atoms with E-state index in [-0.39, 0.29) is 5.91 Å². The Bertz CT molecular complexity index is 909. The number of hydrogen-bond acceptors (Lipinski definition) is 1. The van der Waals surface area contributed by atoms with Crippen LogP contribution in [0.2, 0.25) is 5.02 Å². The van der Waals surface area contributed by atoms with Crippen molar-refractivity contribution in [1.82, 2.24) is 4.98 Å². The number of benzene rings is 2. The molecule has 0 atom stereocenters. The standard InChI is InChI=1S/C19H17ClN2O/c1-12-6-7-13(20)10-17(12)22-18(23)19(8-9-19)15-11-21-16-5-3-2-4-14(15)16/h2-7,10-11,21H,8-9H2,1H3,(H,22,23). The van der Waals surface area contributed by atoms with Gasteiger partial charge >= 0.3 is 0 Å². The fraction of sp³-hybridized carbons (Fsp3) is 0.211. The first kappa shape index (κ1) is 14.3. The SMILES string of the molecule is Cc1ccc(Cl)cc1NC(=O)C1(c2c[nH]c3ccccc23)CC1. The van der Waals surface area contributed by atoms with Crippen LogP contribution in [0.5, 0.6) is 0 Å². The molecule has 1 fully saturated rings. The molecule has 0 saturated heterocycles. The summed E-state index contributed by atoms with van der Waals surface area (Å²) in [4.78, 5) is 16.2. The Kier molecular flexibility index (Phi) is 3.20. The van der Waals surface area contributed by atoms with E-state index in [1.807, 2.05) is 43.5 Å². The molecule has 2 N–H and O–H groups in total. The predicted octanol–water partition coefficient (Wildman–Crippen LogP) is 4.80.